The van der Waals surface area contributed by atoms with E-state index in [0.717, 1.165) is 18.8 Å². The fourth-order valence-electron chi connectivity index (χ4n) is 2.36. The summed E-state index contributed by atoms with van der Waals surface area (Å²) in [5, 5.41) is 0. The first kappa shape index (κ1) is 13.2. The molecule has 0 radical (unpaired) electrons. The van der Waals surface area contributed by atoms with E-state index in [1.165, 1.54) is 37.8 Å². The number of nitrogens with zero attached hydrogens (tertiary/aromatic N) is 1. The summed E-state index contributed by atoms with van der Waals surface area (Å²) in [6.45, 7) is 2.16. The van der Waals surface area contributed by atoms with E-state index in [9.17, 15) is 0 Å². The first-order valence-electron chi connectivity index (χ1n) is 6.65. The predicted octanol–water partition coefficient (Wildman–Crippen LogP) is 4.55. The molecule has 16 heavy (non-hydrogen) atoms. The largest absolute Gasteiger partial charge is 0.297 e. The number of allylic oxidation sites excluding steroid dienone is 4. The second kappa shape index (κ2) is 8.32. The average Bonchev–Trinajstić information content (AvgIpc) is 2.35. The van der Waals surface area contributed by atoms with E-state index in [1.807, 2.05) is 7.05 Å². The van der Waals surface area contributed by atoms with E-state index in [2.05, 4.69) is 36.2 Å². The second-order valence-corrected chi connectivity index (χ2v) is 4.52. The Morgan fingerprint density at radius 3 is 2.44 bits per heavy atom. The van der Waals surface area contributed by atoms with Crippen molar-refractivity contribution in [3.63, 3.8) is 0 Å². The Kier molecular flexibility index (Phi) is 6.87. The lowest BCUT2D eigenvalue weighted by atomic mass is 9.84. The van der Waals surface area contributed by atoms with Crippen LogP contribution >= 0.6 is 0 Å². The van der Waals surface area contributed by atoms with E-state index < -0.39 is 0 Å². The normalized spacial score (nSPS) is 20.0. The molecule has 0 bridgehead atoms. The molecule has 0 amide bonds. The summed E-state index contributed by atoms with van der Waals surface area (Å²) in [5.74, 6) is 0.763. The highest BCUT2D eigenvalue weighted by Gasteiger charge is 2.17. The Labute approximate surface area is 100 Å². The van der Waals surface area contributed by atoms with Gasteiger partial charge in [0.05, 0.1) is 0 Å². The molecule has 0 heterocycles. The maximum Gasteiger partial charge on any atom is 0.0276 e. The topological polar surface area (TPSA) is 12.4 Å². The van der Waals surface area contributed by atoms with Crippen LogP contribution in [-0.2, 0) is 0 Å². The molecule has 1 rings (SSSR count). The Morgan fingerprint density at radius 2 is 1.81 bits per heavy atom. The maximum atomic E-state index is 4.47. The maximum absolute atomic E-state index is 4.47. The zero-order chi connectivity index (χ0) is 11.6. The lowest BCUT2D eigenvalue weighted by molar-refractivity contribution is 0.436. The van der Waals surface area contributed by atoms with Crippen molar-refractivity contribution in [2.75, 3.05) is 7.05 Å². The smallest absolute Gasteiger partial charge is 0.0276 e. The molecular formula is C15H25N. The molecule has 0 unspecified atom stereocenters. The standard InChI is InChI=1S/C15H25N/c1-3-4-5-6-10-13-15(16-2)14-11-8-7-9-12-14/h4-6,10,14H,3,7-9,11-13H2,1-2H3/b5-4-,10-6-,16-15?. The fraction of sp³-hybridized carbons (Fsp3) is 0.667. The zero-order valence-electron chi connectivity index (χ0n) is 10.8. The number of hydrogen-bond donors (Lipinski definition) is 0. The summed E-state index contributed by atoms with van der Waals surface area (Å²) in [7, 11) is 1.94. The highest BCUT2D eigenvalue weighted by atomic mass is 14.7. The zero-order valence-corrected chi connectivity index (χ0v) is 10.8. The van der Waals surface area contributed by atoms with Crippen molar-refractivity contribution >= 4 is 5.71 Å². The summed E-state index contributed by atoms with van der Waals surface area (Å²) in [6.07, 6.45) is 17.8. The summed E-state index contributed by atoms with van der Waals surface area (Å²) in [4.78, 5) is 4.47. The van der Waals surface area contributed by atoms with Gasteiger partial charge in [0, 0.05) is 19.2 Å². The molecule has 0 aliphatic heterocycles. The molecule has 0 aromatic heterocycles. The van der Waals surface area contributed by atoms with Crippen molar-refractivity contribution in [3.8, 4) is 0 Å². The van der Waals surface area contributed by atoms with E-state index in [0.29, 0.717) is 0 Å². The SMILES string of the molecule is CC/C=C\C=C/CC(=NC)C1CCCCC1. The molecule has 0 aromatic rings. The average molecular weight is 219 g/mol. The summed E-state index contributed by atoms with van der Waals surface area (Å²) >= 11 is 0. The Bertz CT molecular complexity index is 255. The van der Waals surface area contributed by atoms with Gasteiger partial charge in [0.15, 0.2) is 0 Å². The molecule has 0 spiro atoms. The minimum absolute atomic E-state index is 0.763. The molecule has 1 fully saturated rings. The molecule has 1 aliphatic carbocycles. The molecule has 1 nitrogen and oxygen atoms in total. The minimum Gasteiger partial charge on any atom is -0.297 e. The third kappa shape index (κ3) is 4.78. The molecule has 1 aliphatic rings. The van der Waals surface area contributed by atoms with Crippen LogP contribution in [0.15, 0.2) is 29.3 Å². The summed E-state index contributed by atoms with van der Waals surface area (Å²) in [6, 6.07) is 0. The lowest BCUT2D eigenvalue weighted by Gasteiger charge is -2.22. The van der Waals surface area contributed by atoms with Crippen LogP contribution in [0.25, 0.3) is 0 Å². The number of aliphatic imine (C=N–C) groups is 1. The number of hydrogen-bond acceptors (Lipinski definition) is 1. The third-order valence-electron chi connectivity index (χ3n) is 3.31. The third-order valence-corrected chi connectivity index (χ3v) is 3.31. The van der Waals surface area contributed by atoms with Gasteiger partial charge in [-0.3, -0.25) is 4.99 Å². The highest BCUT2D eigenvalue weighted by molar-refractivity contribution is 5.88. The lowest BCUT2D eigenvalue weighted by Crippen LogP contribution is -2.17. The van der Waals surface area contributed by atoms with Crippen LogP contribution in [0.5, 0.6) is 0 Å². The Balaban J connectivity index is 2.36. The van der Waals surface area contributed by atoms with Crippen molar-refractivity contribution in [1.29, 1.82) is 0 Å². The van der Waals surface area contributed by atoms with Crippen LogP contribution in [0, 0.1) is 5.92 Å². The molecule has 0 N–H and O–H groups in total. The van der Waals surface area contributed by atoms with Gasteiger partial charge in [-0.2, -0.15) is 0 Å². The van der Waals surface area contributed by atoms with Gasteiger partial charge in [-0.25, -0.2) is 0 Å². The first-order valence-corrected chi connectivity index (χ1v) is 6.65. The first-order chi connectivity index (χ1) is 7.88. The van der Waals surface area contributed by atoms with Crippen molar-refractivity contribution in [2.45, 2.75) is 51.9 Å². The molecule has 90 valence electrons. The van der Waals surface area contributed by atoms with Gasteiger partial charge in [-0.1, -0.05) is 50.5 Å². The molecule has 0 saturated heterocycles. The van der Waals surface area contributed by atoms with Crippen LogP contribution in [0.3, 0.4) is 0 Å². The van der Waals surface area contributed by atoms with Gasteiger partial charge in [-0.15, -0.1) is 0 Å². The van der Waals surface area contributed by atoms with Crippen molar-refractivity contribution in [3.05, 3.63) is 24.3 Å². The van der Waals surface area contributed by atoms with E-state index in [1.54, 1.807) is 0 Å². The van der Waals surface area contributed by atoms with Gasteiger partial charge < -0.3 is 0 Å². The molecule has 1 saturated carbocycles. The summed E-state index contributed by atoms with van der Waals surface area (Å²) < 4.78 is 0. The molecule has 0 atom stereocenters. The van der Waals surface area contributed by atoms with Gasteiger partial charge in [-0.05, 0) is 25.2 Å². The fourth-order valence-corrected chi connectivity index (χ4v) is 2.36. The van der Waals surface area contributed by atoms with Gasteiger partial charge in [0.25, 0.3) is 0 Å². The van der Waals surface area contributed by atoms with Gasteiger partial charge in [0.1, 0.15) is 0 Å². The van der Waals surface area contributed by atoms with Crippen molar-refractivity contribution in [2.24, 2.45) is 10.9 Å². The van der Waals surface area contributed by atoms with Crippen molar-refractivity contribution in [1.82, 2.24) is 0 Å². The van der Waals surface area contributed by atoms with Crippen LogP contribution in [0.2, 0.25) is 0 Å². The Morgan fingerprint density at radius 1 is 1.12 bits per heavy atom. The quantitative estimate of drug-likeness (QED) is 0.475. The molecular weight excluding hydrogens is 194 g/mol. The monoisotopic (exact) mass is 219 g/mol. The van der Waals surface area contributed by atoms with Crippen molar-refractivity contribution < 1.29 is 0 Å². The molecule has 0 aromatic carbocycles. The molecule has 1 heteroatoms. The Hall–Kier alpha value is -0.850. The second-order valence-electron chi connectivity index (χ2n) is 4.52. The van der Waals surface area contributed by atoms with Crippen LogP contribution < -0.4 is 0 Å². The van der Waals surface area contributed by atoms with E-state index in [4.69, 9.17) is 0 Å². The van der Waals surface area contributed by atoms with Crippen LogP contribution in [0.1, 0.15) is 51.9 Å². The number of rotatable bonds is 5. The van der Waals surface area contributed by atoms with E-state index in [-0.39, 0.29) is 0 Å². The van der Waals surface area contributed by atoms with Crippen LogP contribution in [0.4, 0.5) is 0 Å². The van der Waals surface area contributed by atoms with Gasteiger partial charge >= 0.3 is 0 Å². The highest BCUT2D eigenvalue weighted by Crippen LogP contribution is 2.26. The van der Waals surface area contributed by atoms with E-state index >= 15 is 0 Å². The van der Waals surface area contributed by atoms with Gasteiger partial charge in [0.2, 0.25) is 0 Å². The minimum atomic E-state index is 0.763. The summed E-state index contributed by atoms with van der Waals surface area (Å²) in [5.41, 5.74) is 1.40. The predicted molar refractivity (Wildman–Crippen MR) is 73.1 cm³/mol. The van der Waals surface area contributed by atoms with Crippen LogP contribution in [-0.4, -0.2) is 12.8 Å².